The third kappa shape index (κ3) is 2.56. The Morgan fingerprint density at radius 1 is 1.28 bits per heavy atom. The first kappa shape index (κ1) is 12.7. The molecule has 1 aromatic carbocycles. The Morgan fingerprint density at radius 3 is 2.61 bits per heavy atom. The molecule has 2 aromatic rings. The Balaban J connectivity index is 2.35. The van der Waals surface area contributed by atoms with Crippen LogP contribution in [0.25, 0.3) is 11.5 Å². The number of halogens is 1. The van der Waals surface area contributed by atoms with Crippen molar-refractivity contribution in [2.24, 2.45) is 11.7 Å². The van der Waals surface area contributed by atoms with Gasteiger partial charge in [0.15, 0.2) is 5.82 Å². The van der Waals surface area contributed by atoms with Gasteiger partial charge in [-0.1, -0.05) is 19.0 Å². The largest absolute Gasteiger partial charge is 0.334 e. The first-order valence-electron chi connectivity index (χ1n) is 5.84. The minimum atomic E-state index is -0.321. The summed E-state index contributed by atoms with van der Waals surface area (Å²) in [7, 11) is 0. The molecule has 1 atom stereocenters. The van der Waals surface area contributed by atoms with Crippen LogP contribution in [0.4, 0.5) is 4.39 Å². The zero-order chi connectivity index (χ0) is 13.3. The molecule has 0 spiro atoms. The number of nitrogens with two attached hydrogens (primary N) is 1. The smallest absolute Gasteiger partial charge is 0.258 e. The van der Waals surface area contributed by atoms with E-state index in [0.717, 1.165) is 5.56 Å². The fourth-order valence-electron chi connectivity index (χ4n) is 1.65. The lowest BCUT2D eigenvalue weighted by Gasteiger charge is -2.09. The molecule has 1 aromatic heterocycles. The lowest BCUT2D eigenvalue weighted by atomic mass is 10.1. The number of hydrogen-bond donors (Lipinski definition) is 1. The second-order valence-corrected chi connectivity index (χ2v) is 4.74. The quantitative estimate of drug-likeness (QED) is 0.908. The molecule has 2 N–H and O–H groups in total. The van der Waals surface area contributed by atoms with Gasteiger partial charge >= 0.3 is 0 Å². The van der Waals surface area contributed by atoms with Gasteiger partial charge in [0, 0.05) is 5.56 Å². The minimum Gasteiger partial charge on any atom is -0.334 e. The Labute approximate surface area is 105 Å². The molecular formula is C13H16FN3O. The van der Waals surface area contributed by atoms with Gasteiger partial charge in [0.2, 0.25) is 0 Å². The van der Waals surface area contributed by atoms with E-state index >= 15 is 0 Å². The summed E-state index contributed by atoms with van der Waals surface area (Å²) < 4.78 is 18.4. The van der Waals surface area contributed by atoms with Gasteiger partial charge in [-0.05, 0) is 36.6 Å². The summed E-state index contributed by atoms with van der Waals surface area (Å²) in [5.74, 6) is 0.633. The van der Waals surface area contributed by atoms with Crippen molar-refractivity contribution in [3.05, 3.63) is 35.4 Å². The molecule has 1 heterocycles. The third-order valence-electron chi connectivity index (χ3n) is 2.75. The van der Waals surface area contributed by atoms with Gasteiger partial charge in [-0.3, -0.25) is 0 Å². The molecule has 0 fully saturated rings. The average molecular weight is 249 g/mol. The summed E-state index contributed by atoms with van der Waals surface area (Å²) in [5.41, 5.74) is 7.31. The van der Waals surface area contributed by atoms with Gasteiger partial charge in [-0.2, -0.15) is 4.98 Å². The van der Waals surface area contributed by atoms with Gasteiger partial charge in [0.05, 0.1) is 6.04 Å². The van der Waals surface area contributed by atoms with Gasteiger partial charge < -0.3 is 10.3 Å². The van der Waals surface area contributed by atoms with E-state index in [9.17, 15) is 4.39 Å². The predicted molar refractivity (Wildman–Crippen MR) is 66.2 cm³/mol. The van der Waals surface area contributed by atoms with Crippen LogP contribution in [0.1, 0.15) is 31.3 Å². The average Bonchev–Trinajstić information content (AvgIpc) is 2.75. The maximum Gasteiger partial charge on any atom is 0.258 e. The normalized spacial score (nSPS) is 13.0. The number of aryl methyl sites for hydroxylation is 1. The molecule has 4 nitrogen and oxygen atoms in total. The Hall–Kier alpha value is -1.75. The first-order chi connectivity index (χ1) is 8.47. The summed E-state index contributed by atoms with van der Waals surface area (Å²) >= 11 is 0. The standard InChI is InChI=1S/C13H16FN3O/c1-7(2)11(15)12-16-13(18-17-12)9-4-8(3)5-10(14)6-9/h4-7,11H,15H2,1-3H3. The number of nitrogens with zero attached hydrogens (tertiary/aromatic N) is 2. The van der Waals surface area contributed by atoms with Crippen LogP contribution in [0, 0.1) is 18.7 Å². The highest BCUT2D eigenvalue weighted by molar-refractivity contribution is 5.54. The van der Waals surface area contributed by atoms with E-state index in [-0.39, 0.29) is 17.8 Å². The van der Waals surface area contributed by atoms with E-state index in [0.29, 0.717) is 17.3 Å². The van der Waals surface area contributed by atoms with Crippen LogP contribution in [-0.4, -0.2) is 10.1 Å². The fraction of sp³-hybridized carbons (Fsp3) is 0.385. The van der Waals surface area contributed by atoms with E-state index in [1.807, 2.05) is 20.8 Å². The molecule has 1 unspecified atom stereocenters. The van der Waals surface area contributed by atoms with Crippen molar-refractivity contribution in [2.75, 3.05) is 0 Å². The molecular weight excluding hydrogens is 233 g/mol. The molecule has 0 amide bonds. The highest BCUT2D eigenvalue weighted by atomic mass is 19.1. The fourth-order valence-corrected chi connectivity index (χ4v) is 1.65. The molecule has 2 rings (SSSR count). The Morgan fingerprint density at radius 2 is 2.00 bits per heavy atom. The highest BCUT2D eigenvalue weighted by Crippen LogP contribution is 2.23. The van der Waals surface area contributed by atoms with E-state index in [1.54, 1.807) is 6.07 Å². The topological polar surface area (TPSA) is 64.9 Å². The number of aromatic nitrogens is 2. The van der Waals surface area contributed by atoms with Crippen molar-refractivity contribution in [2.45, 2.75) is 26.8 Å². The van der Waals surface area contributed by atoms with Crippen molar-refractivity contribution in [3.63, 3.8) is 0 Å². The Bertz CT molecular complexity index is 531. The number of benzene rings is 1. The zero-order valence-electron chi connectivity index (χ0n) is 10.6. The van der Waals surface area contributed by atoms with Gasteiger partial charge in [0.25, 0.3) is 5.89 Å². The molecule has 18 heavy (non-hydrogen) atoms. The second-order valence-electron chi connectivity index (χ2n) is 4.74. The van der Waals surface area contributed by atoms with Crippen LogP contribution in [0.2, 0.25) is 0 Å². The van der Waals surface area contributed by atoms with Gasteiger partial charge in [-0.25, -0.2) is 4.39 Å². The monoisotopic (exact) mass is 249 g/mol. The number of rotatable bonds is 3. The second kappa shape index (κ2) is 4.86. The van der Waals surface area contributed by atoms with Crippen LogP contribution in [-0.2, 0) is 0 Å². The maximum absolute atomic E-state index is 13.3. The molecule has 0 aliphatic rings. The van der Waals surface area contributed by atoms with Crippen molar-refractivity contribution < 1.29 is 8.91 Å². The highest BCUT2D eigenvalue weighted by Gasteiger charge is 2.18. The lowest BCUT2D eigenvalue weighted by Crippen LogP contribution is -2.18. The van der Waals surface area contributed by atoms with Gasteiger partial charge in [0.1, 0.15) is 5.82 Å². The zero-order valence-corrected chi connectivity index (χ0v) is 10.6. The molecule has 0 aliphatic carbocycles. The van der Waals surface area contributed by atoms with Crippen molar-refractivity contribution >= 4 is 0 Å². The Kier molecular flexibility index (Phi) is 3.43. The first-order valence-corrected chi connectivity index (χ1v) is 5.84. The van der Waals surface area contributed by atoms with Crippen molar-refractivity contribution in [1.82, 2.24) is 10.1 Å². The molecule has 0 aliphatic heterocycles. The van der Waals surface area contributed by atoms with Crippen LogP contribution in [0.5, 0.6) is 0 Å². The number of hydrogen-bond acceptors (Lipinski definition) is 4. The summed E-state index contributed by atoms with van der Waals surface area (Å²) in [6, 6.07) is 4.32. The lowest BCUT2D eigenvalue weighted by molar-refractivity contribution is 0.400. The van der Waals surface area contributed by atoms with Gasteiger partial charge in [-0.15, -0.1) is 0 Å². The summed E-state index contributed by atoms with van der Waals surface area (Å²) in [6.07, 6.45) is 0. The molecule has 96 valence electrons. The summed E-state index contributed by atoms with van der Waals surface area (Å²) in [6.45, 7) is 5.77. The maximum atomic E-state index is 13.3. The predicted octanol–water partition coefficient (Wildman–Crippen LogP) is 2.84. The van der Waals surface area contributed by atoms with E-state index in [4.69, 9.17) is 10.3 Å². The van der Waals surface area contributed by atoms with Crippen LogP contribution in [0.15, 0.2) is 22.7 Å². The third-order valence-corrected chi connectivity index (χ3v) is 2.75. The van der Waals surface area contributed by atoms with E-state index in [2.05, 4.69) is 10.1 Å². The molecule has 0 saturated carbocycles. The minimum absolute atomic E-state index is 0.213. The SMILES string of the molecule is Cc1cc(F)cc(-c2nc(C(N)C(C)C)no2)c1. The summed E-state index contributed by atoms with van der Waals surface area (Å²) in [4.78, 5) is 4.21. The van der Waals surface area contributed by atoms with Crippen LogP contribution < -0.4 is 5.73 Å². The molecule has 0 bridgehead atoms. The molecule has 0 radical (unpaired) electrons. The van der Waals surface area contributed by atoms with Crippen LogP contribution in [0.3, 0.4) is 0 Å². The summed E-state index contributed by atoms with van der Waals surface area (Å²) in [5, 5.41) is 3.84. The van der Waals surface area contributed by atoms with Crippen molar-refractivity contribution in [3.8, 4) is 11.5 Å². The van der Waals surface area contributed by atoms with Crippen molar-refractivity contribution in [1.29, 1.82) is 0 Å². The molecule has 0 saturated heterocycles. The van der Waals surface area contributed by atoms with E-state index < -0.39 is 0 Å². The van der Waals surface area contributed by atoms with E-state index in [1.165, 1.54) is 12.1 Å². The van der Waals surface area contributed by atoms with Crippen LogP contribution >= 0.6 is 0 Å². The molecule has 5 heteroatoms.